The maximum Gasteiger partial charge on any atom is 0.123 e. The first kappa shape index (κ1) is 15.0. The van der Waals surface area contributed by atoms with Gasteiger partial charge in [0, 0.05) is 10.5 Å². The van der Waals surface area contributed by atoms with E-state index < -0.39 is 0 Å². The Morgan fingerprint density at radius 3 is 2.60 bits per heavy atom. The molecule has 1 atom stereocenters. The van der Waals surface area contributed by atoms with Crippen molar-refractivity contribution in [2.24, 2.45) is 0 Å². The van der Waals surface area contributed by atoms with Crippen molar-refractivity contribution in [1.82, 2.24) is 0 Å². The highest BCUT2D eigenvalue weighted by Gasteiger charge is 2.09. The van der Waals surface area contributed by atoms with Gasteiger partial charge in [-0.15, -0.1) is 0 Å². The normalized spacial score (nSPS) is 12.2. The third-order valence-corrected chi connectivity index (χ3v) is 3.88. The van der Waals surface area contributed by atoms with Gasteiger partial charge in [-0.25, -0.2) is 4.39 Å². The van der Waals surface area contributed by atoms with Crippen molar-refractivity contribution in [2.45, 2.75) is 33.2 Å². The minimum Gasteiger partial charge on any atom is -0.381 e. The minimum absolute atomic E-state index is 0.178. The zero-order valence-electron chi connectivity index (χ0n) is 12.0. The van der Waals surface area contributed by atoms with Gasteiger partial charge in [-0.1, -0.05) is 18.2 Å². The highest BCUT2D eigenvalue weighted by atomic mass is 79.9. The molecule has 1 N–H and O–H groups in total. The Labute approximate surface area is 128 Å². The molecule has 0 spiro atoms. The molecule has 0 fully saturated rings. The lowest BCUT2D eigenvalue weighted by atomic mass is 10.1. The molecule has 0 radical (unpaired) electrons. The second-order valence-corrected chi connectivity index (χ2v) is 6.17. The summed E-state index contributed by atoms with van der Waals surface area (Å²) in [5.74, 6) is -0.178. The fourth-order valence-corrected chi connectivity index (χ4v) is 3.20. The molecule has 0 saturated carbocycles. The van der Waals surface area contributed by atoms with Crippen molar-refractivity contribution in [2.75, 3.05) is 5.32 Å². The number of anilines is 1. The van der Waals surface area contributed by atoms with Gasteiger partial charge >= 0.3 is 0 Å². The molecule has 20 heavy (non-hydrogen) atoms. The number of aryl methyl sites for hydroxylation is 2. The predicted octanol–water partition coefficient (Wildman–Crippen LogP) is 5.25. The largest absolute Gasteiger partial charge is 0.381 e. The molecular weight excluding hydrogens is 317 g/mol. The lowest BCUT2D eigenvalue weighted by molar-refractivity contribution is 0.624. The van der Waals surface area contributed by atoms with Gasteiger partial charge < -0.3 is 5.32 Å². The van der Waals surface area contributed by atoms with Crippen molar-refractivity contribution in [3.63, 3.8) is 0 Å². The van der Waals surface area contributed by atoms with Crippen LogP contribution in [0.2, 0.25) is 0 Å². The van der Waals surface area contributed by atoms with Gasteiger partial charge in [0.25, 0.3) is 0 Å². The molecule has 0 heterocycles. The molecule has 0 amide bonds. The molecule has 3 heteroatoms. The number of nitrogens with one attached hydrogen (secondary N) is 1. The molecule has 1 unspecified atom stereocenters. The van der Waals surface area contributed by atoms with E-state index >= 15 is 0 Å². The van der Waals surface area contributed by atoms with Crippen LogP contribution in [0.3, 0.4) is 0 Å². The molecule has 0 aliphatic rings. The third kappa shape index (κ3) is 3.83. The fraction of sp³-hybridized carbons (Fsp3) is 0.294. The number of halogens is 2. The van der Waals surface area contributed by atoms with Crippen LogP contribution in [-0.4, -0.2) is 6.04 Å². The van der Waals surface area contributed by atoms with E-state index in [0.717, 1.165) is 22.1 Å². The molecule has 2 aromatic rings. The Hall–Kier alpha value is -1.35. The summed E-state index contributed by atoms with van der Waals surface area (Å²) in [6, 6.07) is 11.3. The Bertz CT molecular complexity index is 587. The number of hydrogen-bond acceptors (Lipinski definition) is 1. The third-order valence-electron chi connectivity index (χ3n) is 3.25. The second-order valence-electron chi connectivity index (χ2n) is 5.32. The van der Waals surface area contributed by atoms with Crippen molar-refractivity contribution in [3.8, 4) is 0 Å². The molecule has 0 aliphatic heterocycles. The van der Waals surface area contributed by atoms with E-state index in [0.29, 0.717) is 0 Å². The van der Waals surface area contributed by atoms with Crippen molar-refractivity contribution in [1.29, 1.82) is 0 Å². The second kappa shape index (κ2) is 6.40. The number of benzene rings is 2. The van der Waals surface area contributed by atoms with Gasteiger partial charge in [0.05, 0.1) is 5.69 Å². The van der Waals surface area contributed by atoms with E-state index in [-0.39, 0.29) is 11.9 Å². The van der Waals surface area contributed by atoms with Crippen molar-refractivity contribution in [3.05, 3.63) is 63.4 Å². The van der Waals surface area contributed by atoms with Gasteiger partial charge in [-0.3, -0.25) is 0 Å². The van der Waals surface area contributed by atoms with Gasteiger partial charge in [0.2, 0.25) is 0 Å². The van der Waals surface area contributed by atoms with Crippen LogP contribution < -0.4 is 5.32 Å². The van der Waals surface area contributed by atoms with Crippen molar-refractivity contribution < 1.29 is 4.39 Å². The first-order valence-electron chi connectivity index (χ1n) is 6.73. The molecule has 0 bridgehead atoms. The van der Waals surface area contributed by atoms with Gasteiger partial charge in [-0.2, -0.15) is 0 Å². The standard InChI is InChI=1S/C17H19BrFN/c1-11-7-12(2)17(16(18)8-11)20-13(3)9-14-5-4-6-15(19)10-14/h4-8,10,13,20H,9H2,1-3H3. The molecule has 0 aliphatic carbocycles. The molecule has 106 valence electrons. The molecule has 0 saturated heterocycles. The van der Waals surface area contributed by atoms with Crippen LogP contribution in [0.4, 0.5) is 10.1 Å². The smallest absolute Gasteiger partial charge is 0.123 e. The van der Waals surface area contributed by atoms with E-state index in [2.05, 4.69) is 54.2 Å². The Morgan fingerprint density at radius 1 is 1.20 bits per heavy atom. The summed E-state index contributed by atoms with van der Waals surface area (Å²) in [4.78, 5) is 0. The molecular formula is C17H19BrFN. The Morgan fingerprint density at radius 2 is 1.95 bits per heavy atom. The quantitative estimate of drug-likeness (QED) is 0.804. The highest BCUT2D eigenvalue weighted by molar-refractivity contribution is 9.10. The van der Waals surface area contributed by atoms with Crippen LogP contribution in [0.15, 0.2) is 40.9 Å². The van der Waals surface area contributed by atoms with Gasteiger partial charge in [0.15, 0.2) is 0 Å². The van der Waals surface area contributed by atoms with E-state index in [9.17, 15) is 4.39 Å². The topological polar surface area (TPSA) is 12.0 Å². The number of hydrogen-bond donors (Lipinski definition) is 1. The maximum absolute atomic E-state index is 13.2. The predicted molar refractivity (Wildman–Crippen MR) is 86.8 cm³/mol. The monoisotopic (exact) mass is 335 g/mol. The molecule has 0 aromatic heterocycles. The van der Waals surface area contributed by atoms with Crippen LogP contribution >= 0.6 is 15.9 Å². The first-order chi connectivity index (χ1) is 9.45. The molecule has 1 nitrogen and oxygen atoms in total. The SMILES string of the molecule is Cc1cc(C)c(NC(C)Cc2cccc(F)c2)c(Br)c1. The summed E-state index contributed by atoms with van der Waals surface area (Å²) in [5, 5.41) is 3.50. The summed E-state index contributed by atoms with van der Waals surface area (Å²) in [5.41, 5.74) is 4.56. The maximum atomic E-state index is 13.2. The molecule has 2 rings (SSSR count). The summed E-state index contributed by atoms with van der Waals surface area (Å²) in [6.07, 6.45) is 0.789. The molecule has 2 aromatic carbocycles. The fourth-order valence-electron chi connectivity index (χ4n) is 2.41. The van der Waals surface area contributed by atoms with E-state index in [1.54, 1.807) is 12.1 Å². The zero-order chi connectivity index (χ0) is 14.7. The summed E-state index contributed by atoms with van der Waals surface area (Å²) in [7, 11) is 0. The van der Waals surface area contributed by atoms with Crippen LogP contribution in [0.5, 0.6) is 0 Å². The van der Waals surface area contributed by atoms with Crippen molar-refractivity contribution >= 4 is 21.6 Å². The highest BCUT2D eigenvalue weighted by Crippen LogP contribution is 2.28. The van der Waals surface area contributed by atoms with Gasteiger partial charge in [-0.05, 0) is 78.0 Å². The Balaban J connectivity index is 2.10. The summed E-state index contributed by atoms with van der Waals surface area (Å²) < 4.78 is 14.3. The first-order valence-corrected chi connectivity index (χ1v) is 7.52. The average molecular weight is 336 g/mol. The number of rotatable bonds is 4. The van der Waals surface area contributed by atoms with Crippen LogP contribution in [0, 0.1) is 19.7 Å². The average Bonchev–Trinajstić information content (AvgIpc) is 2.33. The van der Waals surface area contributed by atoms with Crippen LogP contribution in [0.1, 0.15) is 23.6 Å². The van der Waals surface area contributed by atoms with E-state index in [1.165, 1.54) is 17.2 Å². The lowest BCUT2D eigenvalue weighted by Gasteiger charge is -2.19. The Kier molecular flexibility index (Phi) is 4.81. The van der Waals surface area contributed by atoms with Gasteiger partial charge in [0.1, 0.15) is 5.82 Å². The van der Waals surface area contributed by atoms with E-state index in [4.69, 9.17) is 0 Å². The summed E-state index contributed by atoms with van der Waals surface area (Å²) in [6.45, 7) is 6.28. The summed E-state index contributed by atoms with van der Waals surface area (Å²) >= 11 is 3.60. The van der Waals surface area contributed by atoms with Crippen LogP contribution in [0.25, 0.3) is 0 Å². The zero-order valence-corrected chi connectivity index (χ0v) is 13.6. The van der Waals surface area contributed by atoms with E-state index in [1.807, 2.05) is 6.07 Å². The lowest BCUT2D eigenvalue weighted by Crippen LogP contribution is -2.19. The minimum atomic E-state index is -0.178. The van der Waals surface area contributed by atoms with Crippen LogP contribution in [-0.2, 0) is 6.42 Å².